The SMILES string of the molecule is CC[C@](C)(OC)C(=O)Nc1cc(C)c(OC(C)C)c(C)c1. The van der Waals surface area contributed by atoms with Crippen LogP contribution >= 0.6 is 0 Å². The lowest BCUT2D eigenvalue weighted by Crippen LogP contribution is -2.41. The highest BCUT2D eigenvalue weighted by atomic mass is 16.5. The van der Waals surface area contributed by atoms with E-state index in [2.05, 4.69) is 5.32 Å². The number of ether oxygens (including phenoxy) is 2. The largest absolute Gasteiger partial charge is 0.490 e. The summed E-state index contributed by atoms with van der Waals surface area (Å²) >= 11 is 0. The van der Waals surface area contributed by atoms with Crippen molar-refractivity contribution in [3.63, 3.8) is 0 Å². The normalized spacial score (nSPS) is 13.9. The quantitative estimate of drug-likeness (QED) is 0.866. The summed E-state index contributed by atoms with van der Waals surface area (Å²) in [5.41, 5.74) is 1.97. The second-order valence-electron chi connectivity index (χ2n) is 5.85. The number of carbonyl (C=O) groups excluding carboxylic acids is 1. The van der Waals surface area contributed by atoms with E-state index in [1.807, 2.05) is 46.8 Å². The third-order valence-corrected chi connectivity index (χ3v) is 3.68. The van der Waals surface area contributed by atoms with E-state index in [1.54, 1.807) is 14.0 Å². The Balaban J connectivity index is 2.99. The summed E-state index contributed by atoms with van der Waals surface area (Å²) in [4.78, 5) is 12.3. The lowest BCUT2D eigenvalue weighted by Gasteiger charge is -2.25. The van der Waals surface area contributed by atoms with Crippen molar-refractivity contribution in [3.05, 3.63) is 23.3 Å². The minimum absolute atomic E-state index is 0.125. The summed E-state index contributed by atoms with van der Waals surface area (Å²) in [6, 6.07) is 3.85. The Bertz CT molecular complexity index is 482. The van der Waals surface area contributed by atoms with Gasteiger partial charge in [-0.15, -0.1) is 0 Å². The van der Waals surface area contributed by atoms with Crippen molar-refractivity contribution in [1.29, 1.82) is 0 Å². The summed E-state index contributed by atoms with van der Waals surface area (Å²) < 4.78 is 11.1. The molecule has 1 rings (SSSR count). The van der Waals surface area contributed by atoms with Crippen molar-refractivity contribution in [1.82, 2.24) is 0 Å². The number of amides is 1. The molecule has 0 fully saturated rings. The van der Waals surface area contributed by atoms with E-state index in [4.69, 9.17) is 9.47 Å². The molecule has 118 valence electrons. The Labute approximate surface area is 127 Å². The molecule has 0 bridgehead atoms. The maximum absolute atomic E-state index is 12.3. The molecular weight excluding hydrogens is 266 g/mol. The van der Waals surface area contributed by atoms with Crippen molar-refractivity contribution in [2.75, 3.05) is 12.4 Å². The number of hydrogen-bond donors (Lipinski definition) is 1. The number of anilines is 1. The van der Waals surface area contributed by atoms with Crippen molar-refractivity contribution >= 4 is 11.6 Å². The standard InChI is InChI=1S/C17H27NO3/c1-8-17(6,20-7)16(19)18-14-9-12(4)15(13(5)10-14)21-11(2)3/h9-11H,8H2,1-7H3,(H,18,19)/t17-/m0/s1. The molecule has 21 heavy (non-hydrogen) atoms. The zero-order valence-electron chi connectivity index (χ0n) is 14.2. The van der Waals surface area contributed by atoms with E-state index in [1.165, 1.54) is 0 Å². The van der Waals surface area contributed by atoms with Gasteiger partial charge < -0.3 is 14.8 Å². The van der Waals surface area contributed by atoms with E-state index in [9.17, 15) is 4.79 Å². The van der Waals surface area contributed by atoms with Crippen LogP contribution in [0.2, 0.25) is 0 Å². The Morgan fingerprint density at radius 2 is 1.81 bits per heavy atom. The zero-order valence-corrected chi connectivity index (χ0v) is 14.2. The van der Waals surface area contributed by atoms with Crippen molar-refractivity contribution in [3.8, 4) is 5.75 Å². The molecule has 0 heterocycles. The van der Waals surface area contributed by atoms with Gasteiger partial charge in [-0.25, -0.2) is 0 Å². The highest BCUT2D eigenvalue weighted by molar-refractivity contribution is 5.97. The lowest BCUT2D eigenvalue weighted by atomic mass is 10.0. The first-order valence-corrected chi connectivity index (χ1v) is 7.38. The molecule has 0 aliphatic carbocycles. The van der Waals surface area contributed by atoms with Crippen LogP contribution in [0.1, 0.15) is 45.2 Å². The Morgan fingerprint density at radius 1 is 1.29 bits per heavy atom. The second-order valence-corrected chi connectivity index (χ2v) is 5.85. The smallest absolute Gasteiger partial charge is 0.256 e. The van der Waals surface area contributed by atoms with Gasteiger partial charge in [0.05, 0.1) is 6.10 Å². The fourth-order valence-electron chi connectivity index (χ4n) is 2.10. The van der Waals surface area contributed by atoms with E-state index < -0.39 is 5.60 Å². The predicted molar refractivity (Wildman–Crippen MR) is 86.0 cm³/mol. The number of rotatable bonds is 6. The van der Waals surface area contributed by atoms with Crippen LogP contribution in [0.3, 0.4) is 0 Å². The van der Waals surface area contributed by atoms with Crippen molar-refractivity contribution in [2.45, 2.75) is 59.7 Å². The molecule has 0 spiro atoms. The van der Waals surface area contributed by atoms with Gasteiger partial charge in [-0.1, -0.05) is 6.92 Å². The third-order valence-electron chi connectivity index (χ3n) is 3.68. The molecule has 1 aromatic carbocycles. The van der Waals surface area contributed by atoms with Crippen LogP contribution in [-0.2, 0) is 9.53 Å². The van der Waals surface area contributed by atoms with Crippen molar-refractivity contribution < 1.29 is 14.3 Å². The molecule has 4 heteroatoms. The van der Waals surface area contributed by atoms with Gasteiger partial charge in [-0.3, -0.25) is 4.79 Å². The number of benzene rings is 1. The predicted octanol–water partition coefficient (Wildman–Crippen LogP) is 3.84. The Hall–Kier alpha value is -1.55. The van der Waals surface area contributed by atoms with Gasteiger partial charge in [0.1, 0.15) is 11.4 Å². The van der Waals surface area contributed by atoms with Crippen LogP contribution in [0.25, 0.3) is 0 Å². The first-order valence-electron chi connectivity index (χ1n) is 7.38. The molecule has 0 aliphatic heterocycles. The second kappa shape index (κ2) is 6.94. The molecular formula is C17H27NO3. The highest BCUT2D eigenvalue weighted by Crippen LogP contribution is 2.29. The molecule has 1 aromatic rings. The highest BCUT2D eigenvalue weighted by Gasteiger charge is 2.31. The average molecular weight is 293 g/mol. The van der Waals surface area contributed by atoms with Gasteiger partial charge in [0.25, 0.3) is 5.91 Å². The maximum Gasteiger partial charge on any atom is 0.256 e. The first kappa shape index (κ1) is 17.5. The molecule has 1 N–H and O–H groups in total. The van der Waals surface area contributed by atoms with Crippen LogP contribution < -0.4 is 10.1 Å². The summed E-state index contributed by atoms with van der Waals surface area (Å²) in [5.74, 6) is 0.747. The molecule has 0 saturated heterocycles. The first-order chi connectivity index (χ1) is 9.73. The van der Waals surface area contributed by atoms with Crippen LogP contribution in [0.5, 0.6) is 5.75 Å². The molecule has 0 radical (unpaired) electrons. The summed E-state index contributed by atoms with van der Waals surface area (Å²) in [6.45, 7) is 11.7. The fourth-order valence-corrected chi connectivity index (χ4v) is 2.10. The topological polar surface area (TPSA) is 47.6 Å². The van der Waals surface area contributed by atoms with Gasteiger partial charge in [0, 0.05) is 12.8 Å². The molecule has 0 aromatic heterocycles. The molecule has 0 unspecified atom stereocenters. The molecule has 1 atom stereocenters. The lowest BCUT2D eigenvalue weighted by molar-refractivity contribution is -0.136. The minimum Gasteiger partial charge on any atom is -0.490 e. The fraction of sp³-hybridized carbons (Fsp3) is 0.588. The molecule has 0 saturated carbocycles. The summed E-state index contributed by atoms with van der Waals surface area (Å²) in [5, 5.41) is 2.93. The van der Waals surface area contributed by atoms with E-state index in [-0.39, 0.29) is 12.0 Å². The number of nitrogens with one attached hydrogen (secondary N) is 1. The Morgan fingerprint density at radius 3 is 2.19 bits per heavy atom. The average Bonchev–Trinajstić information content (AvgIpc) is 2.41. The molecule has 4 nitrogen and oxygen atoms in total. The van der Waals surface area contributed by atoms with Crippen molar-refractivity contribution in [2.24, 2.45) is 0 Å². The number of hydrogen-bond acceptors (Lipinski definition) is 3. The van der Waals surface area contributed by atoms with Crippen LogP contribution in [-0.4, -0.2) is 24.7 Å². The van der Waals surface area contributed by atoms with E-state index in [0.29, 0.717) is 6.42 Å². The van der Waals surface area contributed by atoms with E-state index >= 15 is 0 Å². The zero-order chi connectivity index (χ0) is 16.2. The third kappa shape index (κ3) is 4.21. The Kier molecular flexibility index (Phi) is 5.78. The maximum atomic E-state index is 12.3. The van der Waals surface area contributed by atoms with Crippen LogP contribution in [0, 0.1) is 13.8 Å². The number of methoxy groups -OCH3 is 1. The van der Waals surface area contributed by atoms with Crippen LogP contribution in [0.4, 0.5) is 5.69 Å². The van der Waals surface area contributed by atoms with Crippen LogP contribution in [0.15, 0.2) is 12.1 Å². The minimum atomic E-state index is -0.811. The number of carbonyl (C=O) groups is 1. The van der Waals surface area contributed by atoms with Gasteiger partial charge >= 0.3 is 0 Å². The van der Waals surface area contributed by atoms with Gasteiger partial charge in [0.15, 0.2) is 0 Å². The van der Waals surface area contributed by atoms with Gasteiger partial charge in [-0.05, 0) is 64.3 Å². The summed E-state index contributed by atoms with van der Waals surface area (Å²) in [7, 11) is 1.55. The molecule has 1 amide bonds. The summed E-state index contributed by atoms with van der Waals surface area (Å²) in [6.07, 6.45) is 0.738. The van der Waals surface area contributed by atoms with Gasteiger partial charge in [0.2, 0.25) is 0 Å². The van der Waals surface area contributed by atoms with Gasteiger partial charge in [-0.2, -0.15) is 0 Å². The monoisotopic (exact) mass is 293 g/mol. The number of aryl methyl sites for hydroxylation is 2. The molecule has 0 aliphatic rings. The van der Waals surface area contributed by atoms with E-state index in [0.717, 1.165) is 22.6 Å².